The van der Waals surface area contributed by atoms with Crippen molar-refractivity contribution >= 4 is 17.5 Å². The minimum absolute atomic E-state index is 0.185. The molecule has 1 atom stereocenters. The molecule has 0 aromatic carbocycles. The van der Waals surface area contributed by atoms with Crippen LogP contribution in [0, 0.1) is 11.2 Å². The number of ether oxygens (including phenoxy) is 1. The molecule has 8 nitrogen and oxygen atoms in total. The van der Waals surface area contributed by atoms with E-state index in [4.69, 9.17) is 10.5 Å². The van der Waals surface area contributed by atoms with Crippen LogP contribution in [0.2, 0.25) is 0 Å². The lowest BCUT2D eigenvalue weighted by atomic mass is 9.78. The second-order valence-corrected chi connectivity index (χ2v) is 9.50. The average molecular weight is 455 g/mol. The number of hydrogen-bond acceptors (Lipinski definition) is 7. The summed E-state index contributed by atoms with van der Waals surface area (Å²) in [5.41, 5.74) is 9.01. The highest BCUT2D eigenvalue weighted by Crippen LogP contribution is 2.47. The van der Waals surface area contributed by atoms with E-state index in [2.05, 4.69) is 19.8 Å². The Morgan fingerprint density at radius 1 is 1.21 bits per heavy atom. The van der Waals surface area contributed by atoms with E-state index in [0.29, 0.717) is 24.0 Å². The molecule has 1 amide bonds. The molecule has 2 aromatic heterocycles. The second kappa shape index (κ2) is 8.78. The van der Waals surface area contributed by atoms with Crippen molar-refractivity contribution in [3.05, 3.63) is 36.5 Å². The third kappa shape index (κ3) is 4.34. The Morgan fingerprint density at radius 3 is 2.73 bits per heavy atom. The van der Waals surface area contributed by atoms with E-state index in [1.165, 1.54) is 12.6 Å². The molecule has 9 heteroatoms. The molecule has 2 N–H and O–H groups in total. The summed E-state index contributed by atoms with van der Waals surface area (Å²) in [5, 5.41) is 0. The van der Waals surface area contributed by atoms with Gasteiger partial charge in [-0.2, -0.15) is 0 Å². The van der Waals surface area contributed by atoms with Crippen molar-refractivity contribution in [2.45, 2.75) is 32.2 Å². The molecule has 4 heterocycles. The van der Waals surface area contributed by atoms with Crippen LogP contribution in [-0.4, -0.2) is 77.8 Å². The third-order valence-corrected chi connectivity index (χ3v) is 7.29. The van der Waals surface area contributed by atoms with Gasteiger partial charge in [0.1, 0.15) is 5.82 Å². The molecular weight excluding hydrogens is 423 g/mol. The fourth-order valence-electron chi connectivity index (χ4n) is 5.69. The van der Waals surface area contributed by atoms with Crippen LogP contribution >= 0.6 is 0 Å². The van der Waals surface area contributed by atoms with Gasteiger partial charge in [0.05, 0.1) is 29.9 Å². The first-order chi connectivity index (χ1) is 16.0. The number of nitrogens with two attached hydrogens (primary N) is 1. The molecule has 0 radical (unpaired) electrons. The number of rotatable bonds is 4. The van der Waals surface area contributed by atoms with Crippen LogP contribution < -0.4 is 10.6 Å². The van der Waals surface area contributed by atoms with Gasteiger partial charge in [0, 0.05) is 74.7 Å². The summed E-state index contributed by atoms with van der Waals surface area (Å²) in [5.74, 6) is -0.345. The Morgan fingerprint density at radius 2 is 2.00 bits per heavy atom. The van der Waals surface area contributed by atoms with Crippen molar-refractivity contribution in [3.8, 4) is 11.3 Å². The molecule has 0 bridgehead atoms. The topological polar surface area (TPSA) is 87.8 Å². The summed E-state index contributed by atoms with van der Waals surface area (Å²) in [4.78, 5) is 27.1. The SMILES string of the molecule is CCOC(=O)N1CC2(CCC(N3CCN(c4cc(F)cnc4-c4cncc(N)c4)CC3)C2)C1. The van der Waals surface area contributed by atoms with Gasteiger partial charge in [-0.3, -0.25) is 14.9 Å². The molecule has 2 saturated heterocycles. The number of aromatic nitrogens is 2. The van der Waals surface area contributed by atoms with Crippen LogP contribution in [0.25, 0.3) is 11.3 Å². The summed E-state index contributed by atoms with van der Waals surface area (Å²) in [6, 6.07) is 3.92. The van der Waals surface area contributed by atoms with Crippen LogP contribution in [-0.2, 0) is 4.74 Å². The number of carbonyl (C=O) groups excluding carboxylic acids is 1. The van der Waals surface area contributed by atoms with Gasteiger partial charge < -0.3 is 20.3 Å². The number of anilines is 2. The number of amides is 1. The highest BCUT2D eigenvalue weighted by molar-refractivity contribution is 5.76. The minimum atomic E-state index is -0.345. The largest absolute Gasteiger partial charge is 0.450 e. The Bertz CT molecular complexity index is 1020. The summed E-state index contributed by atoms with van der Waals surface area (Å²) in [6.07, 6.45) is 7.82. The number of pyridine rings is 2. The van der Waals surface area contributed by atoms with Gasteiger partial charge in [-0.05, 0) is 32.3 Å². The van der Waals surface area contributed by atoms with E-state index in [1.807, 2.05) is 17.9 Å². The van der Waals surface area contributed by atoms with Crippen LogP contribution in [0.15, 0.2) is 30.7 Å². The molecule has 1 spiro atoms. The molecule has 176 valence electrons. The third-order valence-electron chi connectivity index (χ3n) is 7.29. The molecule has 33 heavy (non-hydrogen) atoms. The first-order valence-electron chi connectivity index (χ1n) is 11.7. The highest BCUT2D eigenvalue weighted by Gasteiger charge is 2.51. The molecule has 1 saturated carbocycles. The standard InChI is InChI=1S/C24H31FN6O2/c1-2-33-23(32)31-15-24(16-31)4-3-20(11-24)29-5-7-30(8-6-29)21-10-18(25)13-28-22(21)17-9-19(26)14-27-12-17/h9-10,12-14,20H,2-8,11,15-16,26H2,1H3. The fourth-order valence-corrected chi connectivity index (χ4v) is 5.69. The van der Waals surface area contributed by atoms with E-state index in [0.717, 1.165) is 63.4 Å². The van der Waals surface area contributed by atoms with E-state index in [1.54, 1.807) is 18.5 Å². The Hall–Kier alpha value is -2.94. The normalized spacial score (nSPS) is 22.4. The van der Waals surface area contributed by atoms with Gasteiger partial charge >= 0.3 is 6.09 Å². The molecule has 2 aromatic rings. The number of nitrogens with zero attached hydrogens (tertiary/aromatic N) is 5. The Labute approximate surface area is 193 Å². The molecule has 1 aliphatic carbocycles. The zero-order chi connectivity index (χ0) is 23.0. The number of nitrogen functional groups attached to an aromatic ring is 1. The lowest BCUT2D eigenvalue weighted by Crippen LogP contribution is -2.58. The average Bonchev–Trinajstić information content (AvgIpc) is 3.24. The molecule has 3 fully saturated rings. The van der Waals surface area contributed by atoms with Crippen LogP contribution in [0.5, 0.6) is 0 Å². The van der Waals surface area contributed by atoms with Crippen molar-refractivity contribution in [3.63, 3.8) is 0 Å². The van der Waals surface area contributed by atoms with Crippen LogP contribution in [0.1, 0.15) is 26.2 Å². The van der Waals surface area contributed by atoms with Gasteiger partial charge in [0.25, 0.3) is 0 Å². The van der Waals surface area contributed by atoms with E-state index in [9.17, 15) is 9.18 Å². The van der Waals surface area contributed by atoms with Crippen molar-refractivity contribution in [1.29, 1.82) is 0 Å². The maximum atomic E-state index is 14.1. The predicted octanol–water partition coefficient (Wildman–Crippen LogP) is 3.00. The van der Waals surface area contributed by atoms with Gasteiger partial charge in [-0.1, -0.05) is 0 Å². The van der Waals surface area contributed by atoms with Gasteiger partial charge in [0.2, 0.25) is 0 Å². The van der Waals surface area contributed by atoms with Crippen molar-refractivity contribution in [1.82, 2.24) is 19.8 Å². The first kappa shape index (κ1) is 21.9. The predicted molar refractivity (Wildman–Crippen MR) is 124 cm³/mol. The van der Waals surface area contributed by atoms with Gasteiger partial charge in [-0.25, -0.2) is 9.18 Å². The fraction of sp³-hybridized carbons (Fsp3) is 0.542. The number of piperazine rings is 1. The number of halogens is 1. The zero-order valence-electron chi connectivity index (χ0n) is 19.0. The first-order valence-corrected chi connectivity index (χ1v) is 11.7. The van der Waals surface area contributed by atoms with Crippen molar-refractivity contribution in [2.24, 2.45) is 5.41 Å². The molecule has 2 aliphatic heterocycles. The second-order valence-electron chi connectivity index (χ2n) is 9.50. The van der Waals surface area contributed by atoms with Crippen LogP contribution in [0.3, 0.4) is 0 Å². The van der Waals surface area contributed by atoms with Gasteiger partial charge in [0.15, 0.2) is 0 Å². The molecule has 3 aliphatic rings. The quantitative estimate of drug-likeness (QED) is 0.760. The van der Waals surface area contributed by atoms with E-state index < -0.39 is 0 Å². The van der Waals surface area contributed by atoms with E-state index >= 15 is 0 Å². The van der Waals surface area contributed by atoms with Gasteiger partial charge in [-0.15, -0.1) is 0 Å². The summed E-state index contributed by atoms with van der Waals surface area (Å²) < 4.78 is 19.2. The van der Waals surface area contributed by atoms with Crippen LogP contribution in [0.4, 0.5) is 20.6 Å². The lowest BCUT2D eigenvalue weighted by Gasteiger charge is -2.48. The zero-order valence-corrected chi connectivity index (χ0v) is 19.0. The van der Waals surface area contributed by atoms with E-state index in [-0.39, 0.29) is 17.3 Å². The number of hydrogen-bond donors (Lipinski definition) is 1. The van der Waals surface area contributed by atoms with Crippen molar-refractivity contribution < 1.29 is 13.9 Å². The summed E-state index contributed by atoms with van der Waals surface area (Å²) >= 11 is 0. The number of likely N-dealkylation sites (tertiary alicyclic amines) is 1. The summed E-state index contributed by atoms with van der Waals surface area (Å²) in [6.45, 7) is 7.36. The smallest absolute Gasteiger partial charge is 0.409 e. The molecule has 5 rings (SSSR count). The summed E-state index contributed by atoms with van der Waals surface area (Å²) in [7, 11) is 0. The maximum Gasteiger partial charge on any atom is 0.409 e. The van der Waals surface area contributed by atoms with Crippen molar-refractivity contribution in [2.75, 3.05) is 56.5 Å². The molecular formula is C24H31FN6O2. The maximum absolute atomic E-state index is 14.1. The monoisotopic (exact) mass is 454 g/mol. The highest BCUT2D eigenvalue weighted by atomic mass is 19.1. The Kier molecular flexibility index (Phi) is 5.82. The molecule has 1 unspecified atom stereocenters. The number of carbonyl (C=O) groups is 1. The Balaban J connectivity index is 1.21. The minimum Gasteiger partial charge on any atom is -0.450 e. The lowest BCUT2D eigenvalue weighted by molar-refractivity contribution is -0.00294.